The Hall–Kier alpha value is -0.680. The van der Waals surface area contributed by atoms with Crippen molar-refractivity contribution < 1.29 is 13.5 Å². The van der Waals surface area contributed by atoms with Gasteiger partial charge in [0.25, 0.3) is 5.92 Å². The number of rotatable bonds is 4. The SMILES string of the molecule is Cc1cc(OCCN2CCC(F)(F)CC2)cc(C)c1Br. The van der Waals surface area contributed by atoms with Gasteiger partial charge in [-0.1, -0.05) is 15.9 Å². The second-order valence-corrected chi connectivity index (χ2v) is 6.21. The predicted molar refractivity (Wildman–Crippen MR) is 79.7 cm³/mol. The number of hydrogen-bond acceptors (Lipinski definition) is 2. The summed E-state index contributed by atoms with van der Waals surface area (Å²) >= 11 is 3.52. The highest BCUT2D eigenvalue weighted by Crippen LogP contribution is 2.28. The molecule has 1 heterocycles. The molecule has 1 fully saturated rings. The van der Waals surface area contributed by atoms with Gasteiger partial charge in [0.1, 0.15) is 12.4 Å². The molecule has 0 aliphatic carbocycles. The first-order valence-electron chi connectivity index (χ1n) is 6.87. The second kappa shape index (κ2) is 6.39. The number of aryl methyl sites for hydroxylation is 2. The van der Waals surface area contributed by atoms with Crippen LogP contribution in [-0.2, 0) is 0 Å². The molecule has 0 N–H and O–H groups in total. The Bertz CT molecular complexity index is 446. The smallest absolute Gasteiger partial charge is 0.250 e. The molecule has 0 saturated carbocycles. The molecule has 0 bridgehead atoms. The zero-order valence-corrected chi connectivity index (χ0v) is 13.5. The van der Waals surface area contributed by atoms with Crippen molar-refractivity contribution in [2.75, 3.05) is 26.2 Å². The monoisotopic (exact) mass is 347 g/mol. The molecule has 1 aliphatic rings. The van der Waals surface area contributed by atoms with E-state index in [1.807, 2.05) is 30.9 Å². The van der Waals surface area contributed by atoms with Gasteiger partial charge in [-0.2, -0.15) is 0 Å². The zero-order chi connectivity index (χ0) is 14.8. The van der Waals surface area contributed by atoms with E-state index in [-0.39, 0.29) is 12.8 Å². The summed E-state index contributed by atoms with van der Waals surface area (Å²) in [4.78, 5) is 2.04. The summed E-state index contributed by atoms with van der Waals surface area (Å²) in [7, 11) is 0. The van der Waals surface area contributed by atoms with Crippen LogP contribution in [0.2, 0.25) is 0 Å². The molecule has 1 saturated heterocycles. The van der Waals surface area contributed by atoms with E-state index < -0.39 is 5.92 Å². The molecule has 0 atom stereocenters. The van der Waals surface area contributed by atoms with Gasteiger partial charge in [-0.3, -0.25) is 4.90 Å². The molecule has 0 aromatic heterocycles. The van der Waals surface area contributed by atoms with E-state index >= 15 is 0 Å². The van der Waals surface area contributed by atoms with E-state index in [2.05, 4.69) is 15.9 Å². The van der Waals surface area contributed by atoms with Gasteiger partial charge in [-0.05, 0) is 37.1 Å². The van der Waals surface area contributed by atoms with Crippen LogP contribution < -0.4 is 4.74 Å². The number of benzene rings is 1. The van der Waals surface area contributed by atoms with Gasteiger partial charge in [-0.25, -0.2) is 8.78 Å². The maximum absolute atomic E-state index is 13.0. The molecule has 0 radical (unpaired) electrons. The summed E-state index contributed by atoms with van der Waals surface area (Å²) in [5.74, 6) is -1.64. The quantitative estimate of drug-likeness (QED) is 0.810. The van der Waals surface area contributed by atoms with Crippen LogP contribution in [0.25, 0.3) is 0 Å². The van der Waals surface area contributed by atoms with Crippen LogP contribution in [0.1, 0.15) is 24.0 Å². The Balaban J connectivity index is 1.79. The normalized spacial score (nSPS) is 19.1. The lowest BCUT2D eigenvalue weighted by molar-refractivity contribution is -0.0564. The molecule has 112 valence electrons. The first kappa shape index (κ1) is 15.7. The molecule has 0 amide bonds. The summed E-state index contributed by atoms with van der Waals surface area (Å²) < 4.78 is 32.9. The number of hydrogen-bond donors (Lipinski definition) is 0. The van der Waals surface area contributed by atoms with Crippen LogP contribution in [0, 0.1) is 13.8 Å². The molecule has 1 aromatic rings. The minimum atomic E-state index is -2.47. The van der Waals surface area contributed by atoms with Gasteiger partial charge in [0, 0.05) is 36.9 Å². The lowest BCUT2D eigenvalue weighted by Crippen LogP contribution is -2.41. The van der Waals surface area contributed by atoms with E-state index in [9.17, 15) is 8.78 Å². The number of likely N-dealkylation sites (tertiary alicyclic amines) is 1. The molecule has 1 aliphatic heterocycles. The maximum Gasteiger partial charge on any atom is 0.250 e. The standard InChI is InChI=1S/C15H20BrF2NO/c1-11-9-13(10-12(2)14(11)16)20-8-7-19-5-3-15(17,18)4-6-19/h9-10H,3-8H2,1-2H3. The van der Waals surface area contributed by atoms with E-state index in [0.29, 0.717) is 26.2 Å². The van der Waals surface area contributed by atoms with Gasteiger partial charge in [0.15, 0.2) is 0 Å². The molecule has 0 spiro atoms. The summed E-state index contributed by atoms with van der Waals surface area (Å²) in [5.41, 5.74) is 2.27. The highest BCUT2D eigenvalue weighted by molar-refractivity contribution is 9.10. The molecule has 0 unspecified atom stereocenters. The third-order valence-electron chi connectivity index (χ3n) is 3.67. The van der Waals surface area contributed by atoms with Crippen molar-refractivity contribution >= 4 is 15.9 Å². The minimum Gasteiger partial charge on any atom is -0.492 e. The average Bonchev–Trinajstić information content (AvgIpc) is 2.38. The Labute approximate surface area is 127 Å². The Morgan fingerprint density at radius 2 is 1.75 bits per heavy atom. The van der Waals surface area contributed by atoms with Crippen molar-refractivity contribution in [2.24, 2.45) is 0 Å². The minimum absolute atomic E-state index is 0.0382. The van der Waals surface area contributed by atoms with Crippen molar-refractivity contribution in [2.45, 2.75) is 32.6 Å². The maximum atomic E-state index is 13.0. The van der Waals surface area contributed by atoms with Crippen LogP contribution in [0.15, 0.2) is 16.6 Å². The number of alkyl halides is 2. The molecule has 20 heavy (non-hydrogen) atoms. The van der Waals surface area contributed by atoms with Gasteiger partial charge >= 0.3 is 0 Å². The second-order valence-electron chi connectivity index (χ2n) is 5.42. The summed E-state index contributed by atoms with van der Waals surface area (Å²) in [6.45, 7) is 6.19. The highest BCUT2D eigenvalue weighted by atomic mass is 79.9. The Kier molecular flexibility index (Phi) is 5.02. The van der Waals surface area contributed by atoms with Gasteiger partial charge in [0.05, 0.1) is 0 Å². The number of piperidine rings is 1. The zero-order valence-electron chi connectivity index (χ0n) is 11.9. The van der Waals surface area contributed by atoms with Crippen molar-refractivity contribution in [3.63, 3.8) is 0 Å². The lowest BCUT2D eigenvalue weighted by atomic mass is 10.1. The van der Waals surface area contributed by atoms with Crippen LogP contribution in [0.4, 0.5) is 8.78 Å². The predicted octanol–water partition coefficient (Wildman–Crippen LogP) is 4.18. The van der Waals surface area contributed by atoms with Crippen molar-refractivity contribution in [1.82, 2.24) is 4.90 Å². The fraction of sp³-hybridized carbons (Fsp3) is 0.600. The Morgan fingerprint density at radius 1 is 1.20 bits per heavy atom. The lowest BCUT2D eigenvalue weighted by Gasteiger charge is -2.31. The van der Waals surface area contributed by atoms with Gasteiger partial charge < -0.3 is 4.74 Å². The van der Waals surface area contributed by atoms with Gasteiger partial charge in [-0.15, -0.1) is 0 Å². The van der Waals surface area contributed by atoms with Crippen molar-refractivity contribution in [3.8, 4) is 5.75 Å². The summed E-state index contributed by atoms with van der Waals surface area (Å²) in [5, 5.41) is 0. The third-order valence-corrected chi connectivity index (χ3v) is 4.92. The van der Waals surface area contributed by atoms with Crippen molar-refractivity contribution in [3.05, 3.63) is 27.7 Å². The number of ether oxygens (including phenoxy) is 1. The molecule has 5 heteroatoms. The average molecular weight is 348 g/mol. The first-order valence-corrected chi connectivity index (χ1v) is 7.66. The van der Waals surface area contributed by atoms with E-state index in [1.165, 1.54) is 0 Å². The number of nitrogens with zero attached hydrogens (tertiary/aromatic N) is 1. The fourth-order valence-electron chi connectivity index (χ4n) is 2.39. The largest absolute Gasteiger partial charge is 0.492 e. The fourth-order valence-corrected chi connectivity index (χ4v) is 2.61. The summed E-state index contributed by atoms with van der Waals surface area (Å²) in [6.07, 6.45) is -0.0764. The van der Waals surface area contributed by atoms with Gasteiger partial charge in [0.2, 0.25) is 0 Å². The van der Waals surface area contributed by atoms with E-state index in [1.54, 1.807) is 0 Å². The molecular weight excluding hydrogens is 328 g/mol. The number of halogens is 3. The van der Waals surface area contributed by atoms with E-state index in [4.69, 9.17) is 4.74 Å². The summed E-state index contributed by atoms with van der Waals surface area (Å²) in [6, 6.07) is 3.98. The van der Waals surface area contributed by atoms with Crippen LogP contribution in [-0.4, -0.2) is 37.1 Å². The van der Waals surface area contributed by atoms with Crippen LogP contribution >= 0.6 is 15.9 Å². The van der Waals surface area contributed by atoms with E-state index in [0.717, 1.165) is 21.3 Å². The highest BCUT2D eigenvalue weighted by Gasteiger charge is 2.33. The van der Waals surface area contributed by atoms with Crippen molar-refractivity contribution in [1.29, 1.82) is 0 Å². The van der Waals surface area contributed by atoms with Crippen LogP contribution in [0.5, 0.6) is 5.75 Å². The molecule has 1 aromatic carbocycles. The first-order chi connectivity index (χ1) is 9.37. The third kappa shape index (κ3) is 4.16. The molecule has 2 rings (SSSR count). The molecular formula is C15H20BrF2NO. The Morgan fingerprint density at radius 3 is 2.30 bits per heavy atom. The van der Waals surface area contributed by atoms with Crippen LogP contribution in [0.3, 0.4) is 0 Å². The topological polar surface area (TPSA) is 12.5 Å². The molecule has 2 nitrogen and oxygen atoms in total.